The maximum atomic E-state index is 14.9. The summed E-state index contributed by atoms with van der Waals surface area (Å²) in [6.45, 7) is 2.20. The van der Waals surface area contributed by atoms with Crippen molar-refractivity contribution < 1.29 is 41.7 Å². The number of halogens is 4. The smallest absolute Gasteiger partial charge is 0.346 e. The van der Waals surface area contributed by atoms with Crippen molar-refractivity contribution in [1.29, 1.82) is 0 Å². The molecule has 4 aromatic rings. The number of carbonyl (C=O) groups excluding carboxylic acids is 2. The lowest BCUT2D eigenvalue weighted by atomic mass is 9.98. The van der Waals surface area contributed by atoms with Crippen LogP contribution in [0.5, 0.6) is 11.5 Å². The summed E-state index contributed by atoms with van der Waals surface area (Å²) >= 11 is 0. The Labute approximate surface area is 226 Å². The van der Waals surface area contributed by atoms with Crippen molar-refractivity contribution in [2.45, 2.75) is 13.3 Å². The maximum Gasteiger partial charge on any atom is 0.346 e. The van der Waals surface area contributed by atoms with Crippen molar-refractivity contribution in [2.75, 3.05) is 6.61 Å². The Bertz CT molecular complexity index is 1600. The molecule has 0 fully saturated rings. The van der Waals surface area contributed by atoms with Crippen molar-refractivity contribution in [3.8, 4) is 33.8 Å². The fourth-order valence-electron chi connectivity index (χ4n) is 3.75. The first-order valence-electron chi connectivity index (χ1n) is 12.1. The van der Waals surface area contributed by atoms with Gasteiger partial charge in [0.25, 0.3) is 0 Å². The topological polar surface area (TPSA) is 72.8 Å². The Balaban J connectivity index is 1.47. The summed E-state index contributed by atoms with van der Waals surface area (Å²) in [6, 6.07) is 15.2. The number of esters is 2. The van der Waals surface area contributed by atoms with Gasteiger partial charge < -0.3 is 14.6 Å². The minimum absolute atomic E-state index is 0.0104. The predicted octanol–water partition coefficient (Wildman–Crippen LogP) is 7.47. The Morgan fingerprint density at radius 3 is 2.12 bits per heavy atom. The van der Waals surface area contributed by atoms with Crippen molar-refractivity contribution in [3.05, 3.63) is 113 Å². The van der Waals surface area contributed by atoms with Crippen LogP contribution in [0.3, 0.4) is 0 Å². The van der Waals surface area contributed by atoms with Gasteiger partial charge >= 0.3 is 11.9 Å². The van der Waals surface area contributed by atoms with E-state index in [4.69, 9.17) is 9.47 Å². The number of phenols is 1. The molecule has 4 rings (SSSR count). The van der Waals surface area contributed by atoms with Crippen LogP contribution in [0.2, 0.25) is 0 Å². The van der Waals surface area contributed by atoms with Crippen LogP contribution < -0.4 is 4.74 Å². The van der Waals surface area contributed by atoms with Crippen LogP contribution in [-0.4, -0.2) is 23.7 Å². The molecule has 9 heteroatoms. The van der Waals surface area contributed by atoms with Crippen molar-refractivity contribution in [3.63, 3.8) is 0 Å². The van der Waals surface area contributed by atoms with Crippen molar-refractivity contribution >= 4 is 18.0 Å². The van der Waals surface area contributed by atoms with Gasteiger partial charge in [-0.3, -0.25) is 0 Å². The Morgan fingerprint density at radius 2 is 1.45 bits per heavy atom. The van der Waals surface area contributed by atoms with Crippen molar-refractivity contribution in [1.82, 2.24) is 0 Å². The summed E-state index contributed by atoms with van der Waals surface area (Å²) < 4.78 is 67.8. The number of phenolic OH excluding ortho intramolecular Hbond substituents is 1. The molecule has 0 heterocycles. The van der Waals surface area contributed by atoms with E-state index in [1.807, 2.05) is 6.92 Å². The molecule has 4 aromatic carbocycles. The summed E-state index contributed by atoms with van der Waals surface area (Å²) in [5.41, 5.74) is 0.0773. The molecule has 0 radical (unpaired) electrons. The SMILES string of the molecule is CCCOC(=O)/C=C/c1ccc(OC(=O)c2ccc(-c3ccc(-c4ccc(O)c(F)c4F)cc3F)cc2F)cc1. The highest BCUT2D eigenvalue weighted by atomic mass is 19.2. The highest BCUT2D eigenvalue weighted by Crippen LogP contribution is 2.33. The normalized spacial score (nSPS) is 11.0. The highest BCUT2D eigenvalue weighted by molar-refractivity contribution is 5.92. The number of benzene rings is 4. The number of hydrogen-bond donors (Lipinski definition) is 1. The number of aromatic hydroxyl groups is 1. The molecule has 0 amide bonds. The van der Waals surface area contributed by atoms with Crippen LogP contribution in [0.4, 0.5) is 17.6 Å². The summed E-state index contributed by atoms with van der Waals surface area (Å²) in [4.78, 5) is 24.1. The van der Waals surface area contributed by atoms with E-state index in [0.717, 1.165) is 30.3 Å². The second-order valence-electron chi connectivity index (χ2n) is 8.61. The van der Waals surface area contributed by atoms with E-state index in [1.54, 1.807) is 12.1 Å². The number of rotatable bonds is 8. The Morgan fingerprint density at radius 1 is 0.800 bits per heavy atom. The highest BCUT2D eigenvalue weighted by Gasteiger charge is 2.18. The molecular formula is C31H22F4O5. The Kier molecular flexibility index (Phi) is 8.63. The number of hydrogen-bond acceptors (Lipinski definition) is 5. The molecule has 0 bridgehead atoms. The van der Waals surface area contributed by atoms with Gasteiger partial charge in [-0.05, 0) is 71.7 Å². The molecule has 0 aliphatic carbocycles. The lowest BCUT2D eigenvalue weighted by molar-refractivity contribution is -0.137. The number of ether oxygens (including phenoxy) is 2. The molecule has 0 aromatic heterocycles. The summed E-state index contributed by atoms with van der Waals surface area (Å²) in [5.74, 6) is -6.77. The molecule has 0 aliphatic rings. The lowest BCUT2D eigenvalue weighted by Gasteiger charge is -2.10. The third kappa shape index (κ3) is 6.37. The van der Waals surface area contributed by atoms with Gasteiger partial charge in [0, 0.05) is 17.2 Å². The largest absolute Gasteiger partial charge is 0.505 e. The summed E-state index contributed by atoms with van der Waals surface area (Å²) in [5, 5.41) is 9.28. The predicted molar refractivity (Wildman–Crippen MR) is 140 cm³/mol. The minimum atomic E-state index is -1.45. The van der Waals surface area contributed by atoms with Crippen LogP contribution >= 0.6 is 0 Å². The first kappa shape index (κ1) is 28.1. The molecule has 0 saturated heterocycles. The molecule has 5 nitrogen and oxygen atoms in total. The third-order valence-corrected chi connectivity index (χ3v) is 5.79. The molecule has 204 valence electrons. The van der Waals surface area contributed by atoms with Crippen LogP contribution in [0.15, 0.2) is 78.9 Å². The molecule has 1 N–H and O–H groups in total. The quantitative estimate of drug-likeness (QED) is 0.107. The molecule has 0 spiro atoms. The fraction of sp³-hybridized carbons (Fsp3) is 0.0968. The van der Waals surface area contributed by atoms with E-state index >= 15 is 0 Å². The van der Waals surface area contributed by atoms with Crippen LogP contribution in [0, 0.1) is 23.3 Å². The third-order valence-electron chi connectivity index (χ3n) is 5.79. The first-order valence-corrected chi connectivity index (χ1v) is 12.1. The first-order chi connectivity index (χ1) is 19.2. The lowest BCUT2D eigenvalue weighted by Crippen LogP contribution is -2.10. The van der Waals surface area contributed by atoms with E-state index in [0.29, 0.717) is 18.6 Å². The van der Waals surface area contributed by atoms with E-state index in [-0.39, 0.29) is 33.6 Å². The summed E-state index contributed by atoms with van der Waals surface area (Å²) in [6.07, 6.45) is 3.52. The van der Waals surface area contributed by atoms with Gasteiger partial charge in [0.05, 0.1) is 12.2 Å². The zero-order valence-corrected chi connectivity index (χ0v) is 21.1. The van der Waals surface area contributed by atoms with Gasteiger partial charge in [0.1, 0.15) is 17.4 Å². The van der Waals surface area contributed by atoms with Gasteiger partial charge in [-0.1, -0.05) is 37.3 Å². The van der Waals surface area contributed by atoms with Gasteiger partial charge in [-0.15, -0.1) is 0 Å². The molecule has 40 heavy (non-hydrogen) atoms. The molecular weight excluding hydrogens is 528 g/mol. The zero-order chi connectivity index (χ0) is 28.8. The van der Waals surface area contributed by atoms with Gasteiger partial charge in [0.2, 0.25) is 5.82 Å². The maximum absolute atomic E-state index is 14.9. The minimum Gasteiger partial charge on any atom is -0.505 e. The number of carbonyl (C=O) groups is 2. The second-order valence-corrected chi connectivity index (χ2v) is 8.61. The second kappa shape index (κ2) is 12.3. The Hall–Kier alpha value is -4.92. The summed E-state index contributed by atoms with van der Waals surface area (Å²) in [7, 11) is 0. The van der Waals surface area contributed by atoms with Crippen molar-refractivity contribution in [2.24, 2.45) is 0 Å². The van der Waals surface area contributed by atoms with Crippen LogP contribution in [-0.2, 0) is 9.53 Å². The van der Waals surface area contributed by atoms with Crippen LogP contribution in [0.1, 0.15) is 29.3 Å². The molecule has 0 atom stereocenters. The van der Waals surface area contributed by atoms with Gasteiger partial charge in [0.15, 0.2) is 11.6 Å². The van der Waals surface area contributed by atoms with E-state index in [1.165, 1.54) is 42.5 Å². The van der Waals surface area contributed by atoms with Gasteiger partial charge in [-0.25, -0.2) is 22.8 Å². The van der Waals surface area contributed by atoms with E-state index < -0.39 is 41.0 Å². The van der Waals surface area contributed by atoms with Gasteiger partial charge in [-0.2, -0.15) is 4.39 Å². The molecule has 0 aliphatic heterocycles. The fourth-order valence-corrected chi connectivity index (χ4v) is 3.75. The zero-order valence-electron chi connectivity index (χ0n) is 21.1. The van der Waals surface area contributed by atoms with E-state index in [9.17, 15) is 32.3 Å². The standard InChI is InChI=1S/C31H22F4O5/c1-2-15-39-28(37)14-5-18-3-8-21(9-4-18)40-31(38)24-11-7-19(16-26(24)33)22-10-6-20(17-25(22)32)23-12-13-27(36)30(35)29(23)34/h3-14,16-17,36H,2,15H2,1H3/b14-5+. The molecule has 0 unspecified atom stereocenters. The monoisotopic (exact) mass is 550 g/mol. The van der Waals surface area contributed by atoms with E-state index in [2.05, 4.69) is 0 Å². The van der Waals surface area contributed by atoms with Crippen LogP contribution in [0.25, 0.3) is 28.3 Å². The average molecular weight is 551 g/mol. The average Bonchev–Trinajstić information content (AvgIpc) is 2.94. The molecule has 0 saturated carbocycles.